The van der Waals surface area contributed by atoms with Gasteiger partial charge in [0, 0.05) is 44.2 Å². The van der Waals surface area contributed by atoms with E-state index in [-0.39, 0.29) is 5.54 Å². The Morgan fingerprint density at radius 1 is 0.477 bits per heavy atom. The van der Waals surface area contributed by atoms with Crippen LogP contribution in [-0.2, 0) is 5.54 Å². The van der Waals surface area contributed by atoms with Crippen LogP contribution in [0.25, 0.3) is 43.6 Å². The van der Waals surface area contributed by atoms with Crippen LogP contribution in [0.2, 0.25) is 0 Å². The van der Waals surface area contributed by atoms with Gasteiger partial charge in [0.2, 0.25) is 0 Å². The van der Waals surface area contributed by atoms with Crippen molar-refractivity contribution in [1.82, 2.24) is 9.13 Å². The molecule has 0 atom stereocenters. The lowest BCUT2D eigenvalue weighted by molar-refractivity contribution is 0.190. The van der Waals surface area contributed by atoms with Crippen LogP contribution in [0.4, 0.5) is 0 Å². The predicted molar refractivity (Wildman–Crippen MR) is 192 cm³/mol. The van der Waals surface area contributed by atoms with Crippen LogP contribution in [0.3, 0.4) is 0 Å². The van der Waals surface area contributed by atoms with Gasteiger partial charge in [0.25, 0.3) is 0 Å². The number of hydrogen-bond donors (Lipinski definition) is 0. The van der Waals surface area contributed by atoms with Crippen LogP contribution < -0.4 is 0 Å². The van der Waals surface area contributed by atoms with Crippen LogP contribution in [-0.4, -0.2) is 9.13 Å². The van der Waals surface area contributed by atoms with E-state index in [1.807, 2.05) is 0 Å². The molecule has 2 heterocycles. The lowest BCUT2D eigenvalue weighted by Gasteiger charge is -2.38. The summed E-state index contributed by atoms with van der Waals surface area (Å²) >= 11 is 0. The van der Waals surface area contributed by atoms with Crippen LogP contribution in [0.1, 0.15) is 142 Å². The Morgan fingerprint density at radius 3 is 1.59 bits per heavy atom. The summed E-state index contributed by atoms with van der Waals surface area (Å²) in [4.78, 5) is 0. The first-order valence-corrected chi connectivity index (χ1v) is 18.6. The Hall–Kier alpha value is -2.74. The Kier molecular flexibility index (Phi) is 9.06. The van der Waals surface area contributed by atoms with Crippen molar-refractivity contribution in [2.24, 2.45) is 5.92 Å². The van der Waals surface area contributed by atoms with Gasteiger partial charge >= 0.3 is 0 Å². The molecule has 2 aliphatic rings. The van der Waals surface area contributed by atoms with Crippen molar-refractivity contribution >= 4 is 43.6 Å². The molecule has 0 N–H and O–H groups in total. The second-order valence-corrected chi connectivity index (χ2v) is 15.1. The highest BCUT2D eigenvalue weighted by Gasteiger charge is 2.34. The fraction of sp³-hybridized carbons (Fsp3) is 0.571. The predicted octanol–water partition coefficient (Wildman–Crippen LogP) is 13.2. The van der Waals surface area contributed by atoms with Crippen LogP contribution in [0.15, 0.2) is 60.7 Å². The van der Waals surface area contributed by atoms with Gasteiger partial charge in [-0.15, -0.1) is 0 Å². The largest absolute Gasteiger partial charge is 0.337 e. The molecule has 0 amide bonds. The Bertz CT molecular complexity index is 1680. The minimum Gasteiger partial charge on any atom is -0.337 e. The van der Waals surface area contributed by atoms with Gasteiger partial charge in [-0.1, -0.05) is 139 Å². The number of fused-ring (bicyclic) bond motifs is 7. The molecule has 0 aliphatic heterocycles. The molecule has 2 aliphatic carbocycles. The minimum atomic E-state index is 0.0344. The monoisotopic (exact) mass is 588 g/mol. The average molecular weight is 589 g/mol. The number of hydrogen-bond acceptors (Lipinski definition) is 0. The average Bonchev–Trinajstić information content (AvgIpc) is 3.54. The second-order valence-electron chi connectivity index (χ2n) is 15.1. The van der Waals surface area contributed by atoms with E-state index in [2.05, 4.69) is 83.6 Å². The van der Waals surface area contributed by atoms with Gasteiger partial charge in [0.05, 0.1) is 11.0 Å². The lowest BCUT2D eigenvalue weighted by Crippen LogP contribution is -2.35. The van der Waals surface area contributed by atoms with E-state index < -0.39 is 0 Å². The maximum absolute atomic E-state index is 2.84. The summed E-state index contributed by atoms with van der Waals surface area (Å²) < 4.78 is 5.64. The molecule has 2 saturated carbocycles. The summed E-state index contributed by atoms with van der Waals surface area (Å²) in [5, 5.41) is 5.81. The van der Waals surface area contributed by atoms with Gasteiger partial charge < -0.3 is 9.13 Å². The molecule has 7 rings (SSSR count). The maximum atomic E-state index is 2.84. The Balaban J connectivity index is 1.45. The number of benzene rings is 3. The summed E-state index contributed by atoms with van der Waals surface area (Å²) in [6, 6.07) is 24.3. The lowest BCUT2D eigenvalue weighted by atomic mass is 9.78. The summed E-state index contributed by atoms with van der Waals surface area (Å²) in [6.45, 7) is 5.16. The maximum Gasteiger partial charge on any atom is 0.0598 e. The van der Waals surface area contributed by atoms with Crippen molar-refractivity contribution < 1.29 is 0 Å². The van der Waals surface area contributed by atoms with Crippen molar-refractivity contribution in [2.75, 3.05) is 0 Å². The topological polar surface area (TPSA) is 9.86 Å². The van der Waals surface area contributed by atoms with Crippen molar-refractivity contribution in [3.8, 4) is 0 Å². The molecule has 0 spiro atoms. The molecule has 44 heavy (non-hydrogen) atoms. The highest BCUT2D eigenvalue weighted by atomic mass is 15.1. The van der Waals surface area contributed by atoms with Gasteiger partial charge in [-0.25, -0.2) is 0 Å². The fourth-order valence-electron chi connectivity index (χ4n) is 9.45. The van der Waals surface area contributed by atoms with Gasteiger partial charge in [-0.05, 0) is 63.6 Å². The summed E-state index contributed by atoms with van der Waals surface area (Å²) in [6.07, 6.45) is 26.3. The zero-order valence-corrected chi connectivity index (χ0v) is 27.8. The number of aromatic nitrogens is 2. The van der Waals surface area contributed by atoms with E-state index in [0.717, 1.165) is 0 Å². The quantitative estimate of drug-likeness (QED) is 0.198. The molecule has 2 fully saturated rings. The number of nitrogens with zero attached hydrogens (tertiary/aromatic N) is 2. The molecule has 0 saturated heterocycles. The molecule has 2 nitrogen and oxygen atoms in total. The first-order valence-electron chi connectivity index (χ1n) is 18.6. The van der Waals surface area contributed by atoms with Crippen molar-refractivity contribution in [1.29, 1.82) is 0 Å². The molecule has 0 bridgehead atoms. The SMILES string of the molecule is CC(C)(C1CCCCCCCCC1)n1c2ccccc2c2ccc3c(c4ccccc4n3C3CCCCCCCCCC3)c21. The van der Waals surface area contributed by atoms with Gasteiger partial charge in [-0.3, -0.25) is 0 Å². The summed E-state index contributed by atoms with van der Waals surface area (Å²) in [5.74, 6) is 0.686. The van der Waals surface area contributed by atoms with E-state index in [0.29, 0.717) is 12.0 Å². The molecule has 2 aromatic heterocycles. The van der Waals surface area contributed by atoms with E-state index in [4.69, 9.17) is 0 Å². The zero-order chi connectivity index (χ0) is 29.9. The minimum absolute atomic E-state index is 0.0344. The van der Waals surface area contributed by atoms with Crippen LogP contribution >= 0.6 is 0 Å². The normalized spacial score (nSPS) is 20.0. The third-order valence-corrected chi connectivity index (χ3v) is 11.9. The molecule has 0 unspecified atom stereocenters. The van der Waals surface area contributed by atoms with E-state index in [1.165, 1.54) is 166 Å². The third-order valence-electron chi connectivity index (χ3n) is 11.9. The van der Waals surface area contributed by atoms with Gasteiger partial charge in [0.15, 0.2) is 0 Å². The molecule has 234 valence electrons. The molecule has 0 radical (unpaired) electrons. The number of rotatable bonds is 3. The molecule has 3 aromatic carbocycles. The van der Waals surface area contributed by atoms with E-state index in [9.17, 15) is 0 Å². The summed E-state index contributed by atoms with van der Waals surface area (Å²) in [5.41, 5.74) is 5.85. The van der Waals surface area contributed by atoms with Gasteiger partial charge in [0.1, 0.15) is 0 Å². The molecular weight excluding hydrogens is 532 g/mol. The smallest absolute Gasteiger partial charge is 0.0598 e. The van der Waals surface area contributed by atoms with Gasteiger partial charge in [-0.2, -0.15) is 0 Å². The zero-order valence-electron chi connectivity index (χ0n) is 27.8. The summed E-state index contributed by atoms with van der Waals surface area (Å²) in [7, 11) is 0. The van der Waals surface area contributed by atoms with Crippen LogP contribution in [0, 0.1) is 5.92 Å². The Morgan fingerprint density at radius 2 is 0.977 bits per heavy atom. The Labute approximate surface area is 266 Å². The van der Waals surface area contributed by atoms with Crippen molar-refractivity contribution in [2.45, 2.75) is 147 Å². The first kappa shape index (κ1) is 29.9. The highest BCUT2D eigenvalue weighted by Crippen LogP contribution is 2.46. The molecular formula is C42H56N2. The van der Waals surface area contributed by atoms with E-state index in [1.54, 1.807) is 0 Å². The van der Waals surface area contributed by atoms with Crippen molar-refractivity contribution in [3.63, 3.8) is 0 Å². The van der Waals surface area contributed by atoms with Crippen LogP contribution in [0.5, 0.6) is 0 Å². The second kappa shape index (κ2) is 13.3. The number of para-hydroxylation sites is 2. The molecule has 5 aromatic rings. The fourth-order valence-corrected chi connectivity index (χ4v) is 9.45. The third kappa shape index (κ3) is 5.60. The standard InChI is InChI=1S/C42H56N2/c1-42(2,32-22-14-10-6-5-7-11-15-23-32)44-38-29-21-18-26-34(38)35-30-31-39-40(41(35)44)36-27-19-20-28-37(36)43(39)33-24-16-12-8-3-4-9-13-17-25-33/h18-21,26-33H,3-17,22-25H2,1-2H3. The highest BCUT2D eigenvalue weighted by molar-refractivity contribution is 6.25. The first-order chi connectivity index (χ1) is 21.7. The van der Waals surface area contributed by atoms with Crippen molar-refractivity contribution in [3.05, 3.63) is 60.7 Å². The van der Waals surface area contributed by atoms with E-state index >= 15 is 0 Å². The molecule has 2 heteroatoms.